The minimum Gasteiger partial charge on any atom is -0.480 e. The minimum atomic E-state index is -2.83. The zero-order chi connectivity index (χ0) is 23.9. The van der Waals surface area contributed by atoms with Gasteiger partial charge in [0.05, 0.1) is 35.0 Å². The number of amidine groups is 1. The second-order valence-corrected chi connectivity index (χ2v) is 11.3. The van der Waals surface area contributed by atoms with Crippen LogP contribution in [0.2, 0.25) is 0 Å². The summed E-state index contributed by atoms with van der Waals surface area (Å²) in [7, 11) is -1.39. The second kappa shape index (κ2) is 8.32. The predicted molar refractivity (Wildman–Crippen MR) is 122 cm³/mol. The van der Waals surface area contributed by atoms with Crippen molar-refractivity contribution in [3.8, 4) is 5.88 Å². The molecule has 0 radical (unpaired) electrons. The Morgan fingerprint density at radius 2 is 2.03 bits per heavy atom. The molecule has 3 unspecified atom stereocenters. The van der Waals surface area contributed by atoms with E-state index in [0.717, 1.165) is 12.8 Å². The maximum Gasteiger partial charge on any atom is 0.277 e. The van der Waals surface area contributed by atoms with Gasteiger partial charge in [0.25, 0.3) is 5.91 Å². The standard InChI is InChI=1S/C21H26FN7O3S/c1-20(12-33(31)21(2,19(23)29-20)8-4-5-9-26-33)17-13(22)6-7-15(27-17)28-18(30)14-10-25-16(32-3)11-24-14/h6-7,10-11H,4-5,8-9,12H2,1-3H3,(H2,23,29)(H,27,28,30). The van der Waals surface area contributed by atoms with Gasteiger partial charge in [-0.2, -0.15) is 0 Å². The van der Waals surface area contributed by atoms with Gasteiger partial charge in [0, 0.05) is 6.54 Å². The average Bonchev–Trinajstić information content (AvgIpc) is 2.93. The van der Waals surface area contributed by atoms with E-state index < -0.39 is 31.7 Å². The summed E-state index contributed by atoms with van der Waals surface area (Å²) < 4.78 is 37.5. The molecule has 0 saturated carbocycles. The molecule has 12 heteroatoms. The number of anilines is 1. The number of halogens is 1. The molecule has 176 valence electrons. The molecule has 0 fully saturated rings. The van der Waals surface area contributed by atoms with Crippen LogP contribution in [-0.4, -0.2) is 55.1 Å². The molecule has 33 heavy (non-hydrogen) atoms. The van der Waals surface area contributed by atoms with Crippen LogP contribution in [0.4, 0.5) is 10.2 Å². The first kappa shape index (κ1) is 23.0. The zero-order valence-electron chi connectivity index (χ0n) is 18.7. The minimum absolute atomic E-state index is 0.0114. The molecular weight excluding hydrogens is 449 g/mol. The molecular formula is C21H26FN7O3S. The quantitative estimate of drug-likeness (QED) is 0.690. The molecule has 3 N–H and O–H groups in total. The summed E-state index contributed by atoms with van der Waals surface area (Å²) in [4.78, 5) is 29.4. The fourth-order valence-electron chi connectivity index (χ4n) is 4.11. The average molecular weight is 476 g/mol. The van der Waals surface area contributed by atoms with Gasteiger partial charge < -0.3 is 15.8 Å². The fraction of sp³-hybridized carbons (Fsp3) is 0.476. The molecule has 0 aliphatic carbocycles. The Bertz CT molecular complexity index is 1240. The van der Waals surface area contributed by atoms with Gasteiger partial charge in [-0.3, -0.25) is 9.79 Å². The third kappa shape index (κ3) is 4.03. The maximum absolute atomic E-state index is 14.9. The van der Waals surface area contributed by atoms with Gasteiger partial charge in [-0.25, -0.2) is 27.9 Å². The highest BCUT2D eigenvalue weighted by Gasteiger charge is 2.51. The summed E-state index contributed by atoms with van der Waals surface area (Å²) in [5.74, 6) is -0.691. The highest BCUT2D eigenvalue weighted by Crippen LogP contribution is 2.41. The molecule has 1 amide bonds. The van der Waals surface area contributed by atoms with Crippen LogP contribution in [0.15, 0.2) is 33.9 Å². The number of aromatic nitrogens is 3. The van der Waals surface area contributed by atoms with Gasteiger partial charge >= 0.3 is 0 Å². The molecule has 3 atom stereocenters. The predicted octanol–water partition coefficient (Wildman–Crippen LogP) is 2.27. The van der Waals surface area contributed by atoms with Gasteiger partial charge in [0.2, 0.25) is 5.88 Å². The van der Waals surface area contributed by atoms with Crippen LogP contribution in [0.25, 0.3) is 0 Å². The summed E-state index contributed by atoms with van der Waals surface area (Å²) in [5, 5.41) is 2.58. The van der Waals surface area contributed by atoms with Crippen LogP contribution >= 0.6 is 0 Å². The van der Waals surface area contributed by atoms with Gasteiger partial charge in [-0.05, 0) is 45.2 Å². The van der Waals surface area contributed by atoms with E-state index in [1.165, 1.54) is 31.6 Å². The summed E-state index contributed by atoms with van der Waals surface area (Å²) >= 11 is 0. The number of carbonyl (C=O) groups is 1. The van der Waals surface area contributed by atoms with Crippen LogP contribution in [0.1, 0.15) is 49.3 Å². The molecule has 0 spiro atoms. The van der Waals surface area contributed by atoms with E-state index in [4.69, 9.17) is 10.5 Å². The molecule has 10 nitrogen and oxygen atoms in total. The topological polar surface area (TPSA) is 145 Å². The van der Waals surface area contributed by atoms with Crippen LogP contribution in [0, 0.1) is 5.82 Å². The number of fused-ring (bicyclic) bond motifs is 1. The number of nitrogens with two attached hydrogens (primary N) is 1. The zero-order valence-corrected chi connectivity index (χ0v) is 19.5. The number of hydrogen-bond acceptors (Lipinski definition) is 9. The molecule has 2 aromatic heterocycles. The first-order valence-electron chi connectivity index (χ1n) is 10.5. The van der Waals surface area contributed by atoms with Crippen molar-refractivity contribution < 1.29 is 18.1 Å². The monoisotopic (exact) mass is 475 g/mol. The first-order valence-corrected chi connectivity index (χ1v) is 12.2. The molecule has 0 saturated heterocycles. The Morgan fingerprint density at radius 3 is 2.73 bits per heavy atom. The van der Waals surface area contributed by atoms with Crippen molar-refractivity contribution in [3.05, 3.63) is 41.7 Å². The highest BCUT2D eigenvalue weighted by molar-refractivity contribution is 7.95. The van der Waals surface area contributed by atoms with E-state index in [-0.39, 0.29) is 34.7 Å². The van der Waals surface area contributed by atoms with E-state index in [0.29, 0.717) is 13.0 Å². The number of pyridine rings is 1. The molecule has 0 aromatic carbocycles. The number of nitrogens with zero attached hydrogens (tertiary/aromatic N) is 5. The SMILES string of the molecule is COc1cnc(C(=O)Nc2ccc(F)c(C3(C)CS4(=O)=NCCCCC4(C)C(N)=N3)n2)cn1. The number of ether oxygens (including phenoxy) is 1. The van der Waals surface area contributed by atoms with Crippen molar-refractivity contribution in [3.63, 3.8) is 0 Å². The molecule has 2 aromatic rings. The Labute approximate surface area is 191 Å². The molecule has 4 rings (SSSR count). The van der Waals surface area contributed by atoms with Crippen LogP contribution < -0.4 is 15.8 Å². The fourth-order valence-corrected chi connectivity index (χ4v) is 7.03. The normalized spacial score (nSPS) is 29.2. The lowest BCUT2D eigenvalue weighted by atomic mass is 9.96. The van der Waals surface area contributed by atoms with Crippen LogP contribution in [-0.2, 0) is 15.3 Å². The lowest BCUT2D eigenvalue weighted by Crippen LogP contribution is -2.56. The van der Waals surface area contributed by atoms with Crippen molar-refractivity contribution in [1.29, 1.82) is 0 Å². The first-order chi connectivity index (χ1) is 15.6. The number of carbonyl (C=O) groups excluding carboxylic acids is 1. The maximum atomic E-state index is 14.9. The van der Waals surface area contributed by atoms with Gasteiger partial charge in [0.15, 0.2) is 0 Å². The van der Waals surface area contributed by atoms with E-state index in [1.807, 2.05) is 6.92 Å². The largest absolute Gasteiger partial charge is 0.480 e. The van der Waals surface area contributed by atoms with Gasteiger partial charge in [-0.15, -0.1) is 0 Å². The summed E-state index contributed by atoms with van der Waals surface area (Å²) in [6.07, 6.45) is 4.83. The van der Waals surface area contributed by atoms with Crippen LogP contribution in [0.5, 0.6) is 5.88 Å². The molecule has 0 bridgehead atoms. The summed E-state index contributed by atoms with van der Waals surface area (Å²) in [6, 6.07) is 2.51. The number of aliphatic imine (C=N–C) groups is 1. The van der Waals surface area contributed by atoms with Gasteiger partial charge in [0.1, 0.15) is 39.1 Å². The van der Waals surface area contributed by atoms with Crippen molar-refractivity contribution >= 4 is 27.3 Å². The number of rotatable bonds is 4. The number of nitrogens with one attached hydrogen (secondary N) is 1. The van der Waals surface area contributed by atoms with Crippen molar-refractivity contribution in [2.75, 3.05) is 24.7 Å². The Kier molecular flexibility index (Phi) is 5.81. The van der Waals surface area contributed by atoms with Crippen molar-refractivity contribution in [2.45, 2.75) is 43.4 Å². The Morgan fingerprint density at radius 1 is 1.24 bits per heavy atom. The number of methoxy groups -OCH3 is 1. The van der Waals surface area contributed by atoms with E-state index in [2.05, 4.69) is 29.6 Å². The molecule has 2 aliphatic heterocycles. The second-order valence-electron chi connectivity index (χ2n) is 8.52. The number of hydrogen-bond donors (Lipinski definition) is 2. The number of amides is 1. The van der Waals surface area contributed by atoms with E-state index in [1.54, 1.807) is 6.92 Å². The molecule has 2 aliphatic rings. The Balaban J connectivity index is 1.69. The highest BCUT2D eigenvalue weighted by atomic mass is 32.2. The van der Waals surface area contributed by atoms with Crippen molar-refractivity contribution in [1.82, 2.24) is 15.0 Å². The Hall–Kier alpha value is -3.15. The van der Waals surface area contributed by atoms with Gasteiger partial charge in [-0.1, -0.05) is 0 Å². The van der Waals surface area contributed by atoms with Crippen molar-refractivity contribution in [2.24, 2.45) is 15.1 Å². The van der Waals surface area contributed by atoms with E-state index in [9.17, 15) is 13.4 Å². The lowest BCUT2D eigenvalue weighted by Gasteiger charge is -2.41. The third-order valence-corrected chi connectivity index (χ3v) is 9.49. The summed E-state index contributed by atoms with van der Waals surface area (Å²) in [6.45, 7) is 3.92. The summed E-state index contributed by atoms with van der Waals surface area (Å²) in [5.41, 5.74) is 4.99. The smallest absolute Gasteiger partial charge is 0.277 e. The van der Waals surface area contributed by atoms with E-state index >= 15 is 0 Å². The molecule has 4 heterocycles. The lowest BCUT2D eigenvalue weighted by molar-refractivity contribution is 0.102. The third-order valence-electron chi connectivity index (χ3n) is 6.12. The van der Waals surface area contributed by atoms with Crippen LogP contribution in [0.3, 0.4) is 0 Å².